The van der Waals surface area contributed by atoms with Gasteiger partial charge in [-0.05, 0) is 6.54 Å². The summed E-state index contributed by atoms with van der Waals surface area (Å²) in [6.07, 6.45) is 0. The first-order valence-electron chi connectivity index (χ1n) is 5.52. The fourth-order valence-electron chi connectivity index (χ4n) is 1.43. The molecule has 2 rings (SSSR count). The Balaban J connectivity index is 0.000000146. The summed E-state index contributed by atoms with van der Waals surface area (Å²) in [4.78, 5) is 2.39. The minimum Gasteiger partial charge on any atom is -0.379 e. The molecule has 4 heteroatoms. The molecule has 2 heterocycles. The van der Waals surface area contributed by atoms with Crippen molar-refractivity contribution in [3.63, 3.8) is 0 Å². The van der Waals surface area contributed by atoms with Gasteiger partial charge in [0, 0.05) is 26.2 Å². The average molecular weight is 202 g/mol. The van der Waals surface area contributed by atoms with E-state index < -0.39 is 0 Å². The lowest BCUT2D eigenvalue weighted by Crippen LogP contribution is -2.35. The molecule has 1 N–H and O–H groups in total. The van der Waals surface area contributed by atoms with Gasteiger partial charge in [-0.3, -0.25) is 4.90 Å². The van der Waals surface area contributed by atoms with Gasteiger partial charge >= 0.3 is 0 Å². The normalized spacial score (nSPS) is 23.8. The van der Waals surface area contributed by atoms with Crippen molar-refractivity contribution in [1.82, 2.24) is 10.2 Å². The van der Waals surface area contributed by atoms with E-state index in [2.05, 4.69) is 17.1 Å². The number of ether oxygens (including phenoxy) is 2. The van der Waals surface area contributed by atoms with Gasteiger partial charge in [0.2, 0.25) is 0 Å². The van der Waals surface area contributed by atoms with Crippen LogP contribution < -0.4 is 5.32 Å². The van der Waals surface area contributed by atoms with Crippen LogP contribution in [0.5, 0.6) is 0 Å². The van der Waals surface area contributed by atoms with Crippen molar-refractivity contribution in [3.05, 3.63) is 0 Å². The van der Waals surface area contributed by atoms with Gasteiger partial charge in [0.25, 0.3) is 0 Å². The van der Waals surface area contributed by atoms with E-state index in [4.69, 9.17) is 9.47 Å². The molecule has 0 saturated carbocycles. The zero-order chi connectivity index (χ0) is 10.1. The Morgan fingerprint density at radius 3 is 1.86 bits per heavy atom. The maximum absolute atomic E-state index is 5.16. The third kappa shape index (κ3) is 5.54. The highest BCUT2D eigenvalue weighted by Gasteiger charge is 2.05. The summed E-state index contributed by atoms with van der Waals surface area (Å²) in [5.41, 5.74) is 0. The van der Waals surface area contributed by atoms with Gasteiger partial charge in [-0.25, -0.2) is 0 Å². The highest BCUT2D eigenvalue weighted by Crippen LogP contribution is 1.93. The minimum atomic E-state index is 0.889. The van der Waals surface area contributed by atoms with Gasteiger partial charge in [0.1, 0.15) is 0 Å². The van der Waals surface area contributed by atoms with Crippen molar-refractivity contribution in [2.24, 2.45) is 0 Å². The Kier molecular flexibility index (Phi) is 6.95. The second-order valence-corrected chi connectivity index (χ2v) is 3.41. The van der Waals surface area contributed by atoms with Crippen molar-refractivity contribution in [1.29, 1.82) is 0 Å². The van der Waals surface area contributed by atoms with E-state index in [9.17, 15) is 0 Å². The largest absolute Gasteiger partial charge is 0.379 e. The molecule has 0 aromatic rings. The lowest BCUT2D eigenvalue weighted by molar-refractivity contribution is 0.0405. The molecule has 0 bridgehead atoms. The monoisotopic (exact) mass is 202 g/mol. The lowest BCUT2D eigenvalue weighted by Gasteiger charge is -2.24. The molecule has 0 radical (unpaired) electrons. The maximum Gasteiger partial charge on any atom is 0.0594 e. The second kappa shape index (κ2) is 8.17. The summed E-state index contributed by atoms with van der Waals surface area (Å²) >= 11 is 0. The number of rotatable bonds is 1. The van der Waals surface area contributed by atoms with Crippen molar-refractivity contribution < 1.29 is 9.47 Å². The minimum absolute atomic E-state index is 0.889. The topological polar surface area (TPSA) is 33.7 Å². The molecule has 0 aliphatic carbocycles. The maximum atomic E-state index is 5.16. The Labute approximate surface area is 86.6 Å². The molecule has 0 atom stereocenters. The van der Waals surface area contributed by atoms with E-state index in [0.717, 1.165) is 52.6 Å². The van der Waals surface area contributed by atoms with E-state index in [-0.39, 0.29) is 0 Å². The number of morpholine rings is 2. The summed E-state index contributed by atoms with van der Waals surface area (Å²) < 4.78 is 10.2. The van der Waals surface area contributed by atoms with Crippen LogP contribution in [-0.2, 0) is 9.47 Å². The molecule has 4 nitrogen and oxygen atoms in total. The summed E-state index contributed by atoms with van der Waals surface area (Å²) in [5.74, 6) is 0. The van der Waals surface area contributed by atoms with Gasteiger partial charge in [0.15, 0.2) is 0 Å². The smallest absolute Gasteiger partial charge is 0.0594 e. The van der Waals surface area contributed by atoms with Crippen LogP contribution >= 0.6 is 0 Å². The molecule has 0 aromatic carbocycles. The van der Waals surface area contributed by atoms with E-state index in [0.29, 0.717) is 0 Å². The first-order chi connectivity index (χ1) is 6.93. The first-order valence-corrected chi connectivity index (χ1v) is 5.52. The Morgan fingerprint density at radius 2 is 1.57 bits per heavy atom. The molecule has 0 amide bonds. The molecule has 2 aliphatic heterocycles. The van der Waals surface area contributed by atoms with Crippen molar-refractivity contribution >= 4 is 0 Å². The van der Waals surface area contributed by atoms with Crippen LogP contribution in [0.3, 0.4) is 0 Å². The molecule has 0 aromatic heterocycles. The van der Waals surface area contributed by atoms with Crippen LogP contribution in [0, 0.1) is 0 Å². The van der Waals surface area contributed by atoms with Crippen molar-refractivity contribution in [2.75, 3.05) is 59.2 Å². The van der Waals surface area contributed by atoms with Crippen LogP contribution in [0.25, 0.3) is 0 Å². The molecule has 84 valence electrons. The highest BCUT2D eigenvalue weighted by atomic mass is 16.5. The average Bonchev–Trinajstić information content (AvgIpc) is 2.33. The lowest BCUT2D eigenvalue weighted by atomic mass is 10.4. The number of nitrogens with one attached hydrogen (secondary N) is 1. The van der Waals surface area contributed by atoms with Crippen molar-refractivity contribution in [3.8, 4) is 0 Å². The number of likely N-dealkylation sites (N-methyl/N-ethyl adjacent to an activating group) is 1. The standard InChI is InChI=1S/C6H13NO.C4H9NO/c1-2-7-3-5-8-6-4-7;1-3-6-4-2-5-1/h2-6H2,1H3;5H,1-4H2. The quantitative estimate of drug-likeness (QED) is 0.646. The van der Waals surface area contributed by atoms with Crippen LogP contribution in [0.2, 0.25) is 0 Å². The molecule has 0 spiro atoms. The SMILES string of the molecule is C1COCCN1.CCN1CCOCC1. The van der Waals surface area contributed by atoms with Gasteiger partial charge < -0.3 is 14.8 Å². The fourth-order valence-corrected chi connectivity index (χ4v) is 1.43. The molecular formula is C10H22N2O2. The van der Waals surface area contributed by atoms with Crippen molar-refractivity contribution in [2.45, 2.75) is 6.92 Å². The molecule has 2 saturated heterocycles. The fraction of sp³-hybridized carbons (Fsp3) is 1.00. The van der Waals surface area contributed by atoms with E-state index >= 15 is 0 Å². The van der Waals surface area contributed by atoms with Crippen LogP contribution in [-0.4, -0.2) is 64.1 Å². The predicted molar refractivity (Wildman–Crippen MR) is 56.6 cm³/mol. The third-order valence-corrected chi connectivity index (χ3v) is 2.40. The second-order valence-electron chi connectivity index (χ2n) is 3.41. The van der Waals surface area contributed by atoms with Crippen LogP contribution in [0.15, 0.2) is 0 Å². The molecule has 2 fully saturated rings. The zero-order valence-corrected chi connectivity index (χ0v) is 9.13. The zero-order valence-electron chi connectivity index (χ0n) is 9.13. The van der Waals surface area contributed by atoms with Gasteiger partial charge in [-0.15, -0.1) is 0 Å². The van der Waals surface area contributed by atoms with Gasteiger partial charge in [-0.2, -0.15) is 0 Å². The van der Waals surface area contributed by atoms with Crippen LogP contribution in [0.4, 0.5) is 0 Å². The van der Waals surface area contributed by atoms with Crippen LogP contribution in [0.1, 0.15) is 6.92 Å². The molecule has 2 aliphatic rings. The highest BCUT2D eigenvalue weighted by molar-refractivity contribution is 4.57. The van der Waals surface area contributed by atoms with Gasteiger partial charge in [0.05, 0.1) is 26.4 Å². The van der Waals surface area contributed by atoms with E-state index in [1.165, 1.54) is 6.54 Å². The summed E-state index contributed by atoms with van der Waals surface area (Å²) in [5, 5.41) is 3.16. The Bertz CT molecular complexity index is 112. The molecule has 0 unspecified atom stereocenters. The number of hydrogen-bond acceptors (Lipinski definition) is 4. The van der Waals surface area contributed by atoms with E-state index in [1.807, 2.05) is 0 Å². The molecule has 14 heavy (non-hydrogen) atoms. The number of hydrogen-bond donors (Lipinski definition) is 1. The Morgan fingerprint density at radius 1 is 1.00 bits per heavy atom. The summed E-state index contributed by atoms with van der Waals surface area (Å²) in [7, 11) is 0. The van der Waals surface area contributed by atoms with E-state index in [1.54, 1.807) is 0 Å². The summed E-state index contributed by atoms with van der Waals surface area (Å²) in [6.45, 7) is 11.3. The summed E-state index contributed by atoms with van der Waals surface area (Å²) in [6, 6.07) is 0. The predicted octanol–water partition coefficient (Wildman–Crippen LogP) is -0.0553. The first kappa shape index (κ1) is 11.9. The third-order valence-electron chi connectivity index (χ3n) is 2.40. The van der Waals surface area contributed by atoms with Gasteiger partial charge in [-0.1, -0.05) is 6.92 Å². The molecular weight excluding hydrogens is 180 g/mol. The number of nitrogens with zero attached hydrogens (tertiary/aromatic N) is 1. The Hall–Kier alpha value is -0.160.